The van der Waals surface area contributed by atoms with Gasteiger partial charge in [-0.15, -0.1) is 5.10 Å². The van der Waals surface area contributed by atoms with Crippen LogP contribution in [0.5, 0.6) is 0 Å². The SMILES string of the molecule is CCC/C=C/c1ccc(CN2C(C(C)C)C(=O)N(Cc3cn(CCOCOC)nn3)CCS2(=O)=O)cc1. The fourth-order valence-corrected chi connectivity index (χ4v) is 5.93. The Labute approximate surface area is 220 Å². The van der Waals surface area contributed by atoms with Crippen LogP contribution >= 0.6 is 0 Å². The Morgan fingerprint density at radius 1 is 1.19 bits per heavy atom. The van der Waals surface area contributed by atoms with E-state index < -0.39 is 16.1 Å². The van der Waals surface area contributed by atoms with Crippen molar-refractivity contribution in [1.29, 1.82) is 0 Å². The predicted molar refractivity (Wildman–Crippen MR) is 142 cm³/mol. The molecule has 0 bridgehead atoms. The second-order valence-corrected chi connectivity index (χ2v) is 11.6. The van der Waals surface area contributed by atoms with Gasteiger partial charge in [0.05, 0.1) is 31.6 Å². The molecule has 1 aromatic carbocycles. The van der Waals surface area contributed by atoms with Crippen molar-refractivity contribution in [3.05, 3.63) is 53.4 Å². The number of aromatic nitrogens is 3. The lowest BCUT2D eigenvalue weighted by atomic mass is 10.0. The number of unbranched alkanes of at least 4 members (excludes halogenated alkanes) is 1. The van der Waals surface area contributed by atoms with Crippen LogP contribution in [0.3, 0.4) is 0 Å². The maximum atomic E-state index is 13.7. The summed E-state index contributed by atoms with van der Waals surface area (Å²) in [7, 11) is -2.11. The summed E-state index contributed by atoms with van der Waals surface area (Å²) in [6, 6.07) is 7.03. The summed E-state index contributed by atoms with van der Waals surface area (Å²) in [5.74, 6) is -0.556. The molecule has 0 saturated carbocycles. The van der Waals surface area contributed by atoms with Crippen molar-refractivity contribution in [3.8, 4) is 0 Å². The van der Waals surface area contributed by atoms with Crippen LogP contribution in [-0.2, 0) is 43.9 Å². The zero-order chi connectivity index (χ0) is 26.8. The van der Waals surface area contributed by atoms with Gasteiger partial charge in [-0.2, -0.15) is 4.31 Å². The lowest BCUT2D eigenvalue weighted by molar-refractivity contribution is -0.136. The molecule has 1 unspecified atom stereocenters. The number of sulfonamides is 1. The zero-order valence-corrected chi connectivity index (χ0v) is 23.1. The maximum Gasteiger partial charge on any atom is 0.241 e. The van der Waals surface area contributed by atoms with E-state index in [-0.39, 0.29) is 44.0 Å². The highest BCUT2D eigenvalue weighted by molar-refractivity contribution is 7.89. The summed E-state index contributed by atoms with van der Waals surface area (Å²) in [5, 5.41) is 8.25. The first kappa shape index (κ1) is 29.0. The van der Waals surface area contributed by atoms with Crippen molar-refractivity contribution in [3.63, 3.8) is 0 Å². The summed E-state index contributed by atoms with van der Waals surface area (Å²) >= 11 is 0. The molecule has 11 heteroatoms. The van der Waals surface area contributed by atoms with Crippen LogP contribution in [0.15, 0.2) is 36.5 Å². The highest BCUT2D eigenvalue weighted by Gasteiger charge is 2.42. The fourth-order valence-electron chi connectivity index (χ4n) is 4.22. The van der Waals surface area contributed by atoms with Crippen molar-refractivity contribution < 1.29 is 22.7 Å². The molecule has 37 heavy (non-hydrogen) atoms. The summed E-state index contributed by atoms with van der Waals surface area (Å²) in [6.07, 6.45) is 8.05. The number of nitrogens with zero attached hydrogens (tertiary/aromatic N) is 5. The van der Waals surface area contributed by atoms with Crippen molar-refractivity contribution in [1.82, 2.24) is 24.2 Å². The molecule has 0 aliphatic carbocycles. The average Bonchev–Trinajstić information content (AvgIpc) is 3.28. The van der Waals surface area contributed by atoms with Crippen LogP contribution in [0.1, 0.15) is 50.4 Å². The van der Waals surface area contributed by atoms with E-state index in [2.05, 4.69) is 29.4 Å². The first-order valence-electron chi connectivity index (χ1n) is 12.7. The van der Waals surface area contributed by atoms with Gasteiger partial charge < -0.3 is 14.4 Å². The Kier molecular flexibility index (Phi) is 10.8. The largest absolute Gasteiger partial charge is 0.359 e. The molecule has 10 nitrogen and oxygen atoms in total. The van der Waals surface area contributed by atoms with Crippen LogP contribution in [0.25, 0.3) is 6.08 Å². The van der Waals surface area contributed by atoms with Gasteiger partial charge in [0.15, 0.2) is 0 Å². The van der Waals surface area contributed by atoms with E-state index in [4.69, 9.17) is 9.47 Å². The minimum atomic E-state index is -3.66. The number of carbonyl (C=O) groups is 1. The van der Waals surface area contributed by atoms with Gasteiger partial charge in [-0.05, 0) is 23.5 Å². The Bertz CT molecular complexity index is 1130. The third-order valence-corrected chi connectivity index (χ3v) is 7.94. The Balaban J connectivity index is 1.74. The molecule has 1 saturated heterocycles. The molecule has 3 rings (SSSR count). The Hall–Kier alpha value is -2.60. The van der Waals surface area contributed by atoms with Gasteiger partial charge in [-0.3, -0.25) is 4.79 Å². The first-order chi connectivity index (χ1) is 17.7. The van der Waals surface area contributed by atoms with Crippen molar-refractivity contribution in [2.75, 3.05) is 32.8 Å². The van der Waals surface area contributed by atoms with Crippen molar-refractivity contribution in [2.24, 2.45) is 5.92 Å². The zero-order valence-electron chi connectivity index (χ0n) is 22.2. The third kappa shape index (κ3) is 8.19. The number of methoxy groups -OCH3 is 1. The van der Waals surface area contributed by atoms with E-state index in [0.29, 0.717) is 18.8 Å². The summed E-state index contributed by atoms with van der Waals surface area (Å²) in [4.78, 5) is 15.2. The van der Waals surface area contributed by atoms with Gasteiger partial charge in [0.25, 0.3) is 0 Å². The molecular formula is C26H39N5O5S. The van der Waals surface area contributed by atoms with Crippen molar-refractivity contribution >= 4 is 22.0 Å². The number of rotatable bonds is 13. The molecule has 0 spiro atoms. The number of hydrogen-bond acceptors (Lipinski definition) is 7. The number of benzene rings is 1. The second-order valence-electron chi connectivity index (χ2n) is 9.53. The summed E-state index contributed by atoms with van der Waals surface area (Å²) in [5.41, 5.74) is 2.51. The molecule has 1 aliphatic heterocycles. The molecule has 1 amide bonds. The number of carbonyl (C=O) groups excluding carboxylic acids is 1. The molecule has 1 fully saturated rings. The quantitative estimate of drug-likeness (QED) is 0.288. The van der Waals surface area contributed by atoms with Gasteiger partial charge >= 0.3 is 0 Å². The highest BCUT2D eigenvalue weighted by atomic mass is 32.2. The smallest absolute Gasteiger partial charge is 0.241 e. The monoisotopic (exact) mass is 533 g/mol. The van der Waals surface area contributed by atoms with Gasteiger partial charge in [0.1, 0.15) is 18.5 Å². The molecule has 0 N–H and O–H groups in total. The van der Waals surface area contributed by atoms with Crippen LogP contribution in [0, 0.1) is 5.92 Å². The molecule has 1 aromatic heterocycles. The summed E-state index contributed by atoms with van der Waals surface area (Å²) in [6.45, 7) is 7.46. The topological polar surface area (TPSA) is 107 Å². The number of amides is 1. The Morgan fingerprint density at radius 2 is 1.95 bits per heavy atom. The molecule has 204 valence electrons. The van der Waals surface area contributed by atoms with Crippen LogP contribution in [-0.4, -0.2) is 77.4 Å². The van der Waals surface area contributed by atoms with Crippen molar-refractivity contribution in [2.45, 2.75) is 59.3 Å². The van der Waals surface area contributed by atoms with E-state index in [1.807, 2.05) is 38.1 Å². The number of allylic oxidation sites excluding steroid dienone is 1. The predicted octanol–water partition coefficient (Wildman–Crippen LogP) is 2.91. The standard InChI is InChI=1S/C26H39N5O5S/c1-5-6-7-8-22-9-11-23(12-10-22)17-31-25(21(2)3)26(32)29(14-16-37(31,33)34)18-24-19-30(28-27-24)13-15-36-20-35-4/h7-12,19,21,25H,5-6,13-18,20H2,1-4H3/b8-7+. The molecule has 1 atom stereocenters. The molecule has 2 heterocycles. The second kappa shape index (κ2) is 13.8. The minimum Gasteiger partial charge on any atom is -0.359 e. The van der Waals surface area contributed by atoms with Gasteiger partial charge in [0, 0.05) is 20.2 Å². The van der Waals surface area contributed by atoms with E-state index in [1.54, 1.807) is 22.9 Å². The van der Waals surface area contributed by atoms with Gasteiger partial charge in [-0.25, -0.2) is 13.1 Å². The minimum absolute atomic E-state index is 0.103. The highest BCUT2D eigenvalue weighted by Crippen LogP contribution is 2.25. The average molecular weight is 534 g/mol. The van der Waals surface area contributed by atoms with E-state index >= 15 is 0 Å². The van der Waals surface area contributed by atoms with Crippen LogP contribution in [0.4, 0.5) is 0 Å². The molecule has 0 radical (unpaired) electrons. The molecular weight excluding hydrogens is 494 g/mol. The lowest BCUT2D eigenvalue weighted by Gasteiger charge is -2.32. The van der Waals surface area contributed by atoms with Gasteiger partial charge in [-0.1, -0.05) is 68.8 Å². The summed E-state index contributed by atoms with van der Waals surface area (Å²) < 4.78 is 39.9. The van der Waals surface area contributed by atoms with Crippen LogP contribution < -0.4 is 0 Å². The van der Waals surface area contributed by atoms with E-state index in [1.165, 1.54) is 4.31 Å². The third-order valence-electron chi connectivity index (χ3n) is 6.17. The molecule has 1 aliphatic rings. The normalized spacial score (nSPS) is 18.7. The Morgan fingerprint density at radius 3 is 2.62 bits per heavy atom. The van der Waals surface area contributed by atoms with E-state index in [0.717, 1.165) is 24.0 Å². The number of ether oxygens (including phenoxy) is 2. The van der Waals surface area contributed by atoms with Crippen LogP contribution in [0.2, 0.25) is 0 Å². The van der Waals surface area contributed by atoms with Gasteiger partial charge in [0.2, 0.25) is 15.9 Å². The maximum absolute atomic E-state index is 13.7. The number of hydrogen-bond donors (Lipinski definition) is 0. The first-order valence-corrected chi connectivity index (χ1v) is 14.4. The fraction of sp³-hybridized carbons (Fsp3) is 0.577. The molecule has 2 aromatic rings. The lowest BCUT2D eigenvalue weighted by Crippen LogP contribution is -2.49. The van der Waals surface area contributed by atoms with E-state index in [9.17, 15) is 13.2 Å².